The summed E-state index contributed by atoms with van der Waals surface area (Å²) in [7, 11) is 1.61. The average molecular weight is 496 g/mol. The monoisotopic (exact) mass is 495 g/mol. The van der Waals surface area contributed by atoms with Gasteiger partial charge in [-0.3, -0.25) is 4.79 Å². The number of aromatic nitrogens is 5. The lowest BCUT2D eigenvalue weighted by Crippen LogP contribution is -2.48. The number of likely N-dealkylation sites (tertiary alicyclic amines) is 1. The molecule has 5 heterocycles. The molecule has 37 heavy (non-hydrogen) atoms. The highest BCUT2D eigenvalue weighted by Crippen LogP contribution is 2.37. The lowest BCUT2D eigenvalue weighted by atomic mass is 10.0. The molecular formula is C28H26FN7O. The first kappa shape index (κ1) is 22.0. The van der Waals surface area contributed by atoms with E-state index in [0.29, 0.717) is 28.2 Å². The Bertz CT molecular complexity index is 1700. The Morgan fingerprint density at radius 3 is 2.59 bits per heavy atom. The summed E-state index contributed by atoms with van der Waals surface area (Å²) in [5.41, 5.74) is 4.89. The van der Waals surface area contributed by atoms with Crippen molar-refractivity contribution in [3.8, 4) is 16.9 Å². The van der Waals surface area contributed by atoms with Crippen LogP contribution in [0.25, 0.3) is 38.8 Å². The number of pyridine rings is 1. The summed E-state index contributed by atoms with van der Waals surface area (Å²) in [5.74, 6) is 0.680. The SMILES string of the molecule is CC(=O)N1C[C@H]2C[C@@H]1CN2c1ccc(-n2nc(-c3cccc4nn(C)c(F)c34)c3cccc(C)c32)cn1. The van der Waals surface area contributed by atoms with Gasteiger partial charge in [0.1, 0.15) is 11.5 Å². The van der Waals surface area contributed by atoms with Gasteiger partial charge in [0.05, 0.1) is 40.4 Å². The predicted molar refractivity (Wildman–Crippen MR) is 140 cm³/mol. The van der Waals surface area contributed by atoms with Crippen LogP contribution < -0.4 is 4.90 Å². The van der Waals surface area contributed by atoms with E-state index in [0.717, 1.165) is 47.5 Å². The lowest BCUT2D eigenvalue weighted by Gasteiger charge is -2.34. The van der Waals surface area contributed by atoms with Crippen LogP contribution in [0.4, 0.5) is 10.2 Å². The molecule has 2 fully saturated rings. The van der Waals surface area contributed by atoms with E-state index in [9.17, 15) is 4.79 Å². The van der Waals surface area contributed by atoms with Crippen LogP contribution in [0.15, 0.2) is 54.7 Å². The van der Waals surface area contributed by atoms with E-state index in [1.54, 1.807) is 14.0 Å². The highest BCUT2D eigenvalue weighted by Gasteiger charge is 2.44. The standard InChI is InChI=1S/C28H26FN7O/c1-16-6-4-8-22-26(21-7-5-9-23-25(21)28(29)33(3)31-23)32-36(27(16)22)18-10-11-24(30-13-18)35-15-19-12-20(35)14-34(19)17(2)37/h4-11,13,19-20H,12,14-15H2,1-3H3/t19-,20-/m1/s1. The molecule has 0 saturated carbocycles. The van der Waals surface area contributed by atoms with Gasteiger partial charge < -0.3 is 9.80 Å². The second kappa shape index (κ2) is 7.86. The summed E-state index contributed by atoms with van der Waals surface area (Å²) in [5, 5.41) is 10.7. The second-order valence-electron chi connectivity index (χ2n) is 10.1. The van der Waals surface area contributed by atoms with Gasteiger partial charge in [-0.05, 0) is 37.1 Å². The number of hydrogen-bond acceptors (Lipinski definition) is 5. The number of benzene rings is 2. The maximum absolute atomic E-state index is 15.1. The zero-order valence-corrected chi connectivity index (χ0v) is 20.9. The van der Waals surface area contributed by atoms with E-state index >= 15 is 4.39 Å². The number of rotatable bonds is 3. The highest BCUT2D eigenvalue weighted by molar-refractivity contribution is 6.03. The van der Waals surface area contributed by atoms with Crippen molar-refractivity contribution in [1.29, 1.82) is 0 Å². The van der Waals surface area contributed by atoms with Crippen molar-refractivity contribution in [3.05, 3.63) is 66.2 Å². The fourth-order valence-electron chi connectivity index (χ4n) is 6.13. The lowest BCUT2D eigenvalue weighted by molar-refractivity contribution is -0.129. The van der Waals surface area contributed by atoms with E-state index in [1.165, 1.54) is 4.68 Å². The first-order chi connectivity index (χ1) is 17.9. The fourth-order valence-corrected chi connectivity index (χ4v) is 6.13. The molecule has 7 rings (SSSR count). The number of carbonyl (C=O) groups is 1. The molecule has 186 valence electrons. The number of para-hydroxylation sites is 1. The average Bonchev–Trinajstić information content (AvgIpc) is 3.66. The molecule has 3 aromatic heterocycles. The Labute approximate surface area is 212 Å². The summed E-state index contributed by atoms with van der Waals surface area (Å²) < 4.78 is 18.2. The van der Waals surface area contributed by atoms with Gasteiger partial charge in [0, 0.05) is 38.0 Å². The normalized spacial score (nSPS) is 19.0. The van der Waals surface area contributed by atoms with Crippen molar-refractivity contribution in [2.75, 3.05) is 18.0 Å². The topological polar surface area (TPSA) is 72.1 Å². The molecule has 8 nitrogen and oxygen atoms in total. The van der Waals surface area contributed by atoms with Crippen LogP contribution in [0.5, 0.6) is 0 Å². The van der Waals surface area contributed by atoms with Gasteiger partial charge in [0.25, 0.3) is 0 Å². The Kier molecular flexibility index (Phi) is 4.67. The predicted octanol–water partition coefficient (Wildman–Crippen LogP) is 4.23. The molecule has 1 amide bonds. The smallest absolute Gasteiger partial charge is 0.219 e. The minimum Gasteiger partial charge on any atom is -0.350 e. The van der Waals surface area contributed by atoms with E-state index < -0.39 is 0 Å². The molecule has 0 aliphatic carbocycles. The third-order valence-electron chi connectivity index (χ3n) is 7.87. The van der Waals surface area contributed by atoms with Crippen LogP contribution >= 0.6 is 0 Å². The number of carbonyl (C=O) groups excluding carboxylic acids is 1. The van der Waals surface area contributed by atoms with Gasteiger partial charge in [-0.2, -0.15) is 14.6 Å². The maximum Gasteiger partial charge on any atom is 0.219 e. The Balaban J connectivity index is 1.31. The molecule has 9 heteroatoms. The van der Waals surface area contributed by atoms with Crippen molar-refractivity contribution < 1.29 is 9.18 Å². The molecule has 0 radical (unpaired) electrons. The van der Waals surface area contributed by atoms with E-state index in [1.807, 2.05) is 58.2 Å². The third-order valence-corrected chi connectivity index (χ3v) is 7.87. The molecule has 2 aliphatic rings. The summed E-state index contributed by atoms with van der Waals surface area (Å²) in [6.07, 6.45) is 2.84. The Morgan fingerprint density at radius 2 is 1.86 bits per heavy atom. The number of hydrogen-bond donors (Lipinski definition) is 0. The van der Waals surface area contributed by atoms with Crippen LogP contribution in [0, 0.1) is 12.9 Å². The van der Waals surface area contributed by atoms with Crippen molar-refractivity contribution in [1.82, 2.24) is 29.4 Å². The number of aryl methyl sites for hydroxylation is 2. The third kappa shape index (κ3) is 3.19. The van der Waals surface area contributed by atoms with E-state index in [2.05, 4.69) is 23.0 Å². The minimum atomic E-state index is -0.379. The van der Waals surface area contributed by atoms with Crippen LogP contribution in [-0.4, -0.2) is 60.5 Å². The molecule has 0 N–H and O–H groups in total. The van der Waals surface area contributed by atoms with Crippen molar-refractivity contribution in [3.63, 3.8) is 0 Å². The largest absolute Gasteiger partial charge is 0.350 e. The first-order valence-electron chi connectivity index (χ1n) is 12.5. The van der Waals surface area contributed by atoms with Crippen LogP contribution in [-0.2, 0) is 11.8 Å². The summed E-state index contributed by atoms with van der Waals surface area (Å²) >= 11 is 0. The Hall–Kier alpha value is -4.27. The van der Waals surface area contributed by atoms with Crippen molar-refractivity contribution in [2.45, 2.75) is 32.4 Å². The zero-order valence-electron chi connectivity index (χ0n) is 20.9. The first-order valence-corrected chi connectivity index (χ1v) is 12.5. The van der Waals surface area contributed by atoms with Gasteiger partial charge in [-0.25, -0.2) is 14.3 Å². The van der Waals surface area contributed by atoms with Gasteiger partial charge in [-0.1, -0.05) is 30.3 Å². The highest BCUT2D eigenvalue weighted by atomic mass is 19.1. The van der Waals surface area contributed by atoms with Gasteiger partial charge >= 0.3 is 0 Å². The molecule has 2 saturated heterocycles. The van der Waals surface area contributed by atoms with Crippen LogP contribution in [0.1, 0.15) is 18.9 Å². The zero-order chi connectivity index (χ0) is 25.4. The minimum absolute atomic E-state index is 0.147. The quantitative estimate of drug-likeness (QED) is 0.375. The molecular weight excluding hydrogens is 469 g/mol. The number of halogens is 1. The van der Waals surface area contributed by atoms with Crippen molar-refractivity contribution >= 4 is 33.5 Å². The molecule has 0 spiro atoms. The van der Waals surface area contributed by atoms with Gasteiger partial charge in [-0.15, -0.1) is 0 Å². The van der Waals surface area contributed by atoms with Gasteiger partial charge in [0.2, 0.25) is 11.9 Å². The van der Waals surface area contributed by atoms with Crippen molar-refractivity contribution in [2.24, 2.45) is 7.05 Å². The fraction of sp³-hybridized carbons (Fsp3) is 0.286. The van der Waals surface area contributed by atoms with E-state index in [4.69, 9.17) is 10.1 Å². The number of fused-ring (bicyclic) bond motifs is 4. The molecule has 2 aromatic carbocycles. The van der Waals surface area contributed by atoms with E-state index in [-0.39, 0.29) is 17.9 Å². The Morgan fingerprint density at radius 1 is 1.03 bits per heavy atom. The summed E-state index contributed by atoms with van der Waals surface area (Å²) in [6.45, 7) is 5.27. The molecule has 0 unspecified atom stereocenters. The molecule has 2 atom stereocenters. The van der Waals surface area contributed by atoms with Gasteiger partial charge in [0.15, 0.2) is 0 Å². The second-order valence-corrected chi connectivity index (χ2v) is 10.1. The number of piperazine rings is 1. The molecule has 2 aliphatic heterocycles. The maximum atomic E-state index is 15.1. The van der Waals surface area contributed by atoms with Crippen LogP contribution in [0.3, 0.4) is 0 Å². The number of amides is 1. The number of anilines is 1. The molecule has 5 aromatic rings. The summed E-state index contributed by atoms with van der Waals surface area (Å²) in [4.78, 5) is 20.9. The summed E-state index contributed by atoms with van der Waals surface area (Å²) in [6, 6.07) is 16.3. The van der Waals surface area contributed by atoms with Crippen LogP contribution in [0.2, 0.25) is 0 Å². The molecule has 2 bridgehead atoms. The number of nitrogens with zero attached hydrogens (tertiary/aromatic N) is 7.